The summed E-state index contributed by atoms with van der Waals surface area (Å²) in [7, 11) is 2.81. The number of halogens is 3. The Hall–Kier alpha value is -2.91. The molecule has 0 aliphatic carbocycles. The molecule has 6 nitrogen and oxygen atoms in total. The molecule has 1 amide bonds. The van der Waals surface area contributed by atoms with Crippen molar-refractivity contribution < 1.29 is 27.6 Å². The van der Waals surface area contributed by atoms with Crippen molar-refractivity contribution >= 4 is 11.6 Å². The number of hydroxylamine groups is 1. The van der Waals surface area contributed by atoms with Crippen molar-refractivity contribution in [3.8, 4) is 0 Å². The molecule has 31 heavy (non-hydrogen) atoms. The molecular weight excluding hydrogens is 411 g/mol. The molecule has 0 spiro atoms. The first-order valence-corrected chi connectivity index (χ1v) is 9.70. The van der Waals surface area contributed by atoms with Gasteiger partial charge >= 0.3 is 6.18 Å². The van der Waals surface area contributed by atoms with Gasteiger partial charge in [-0.05, 0) is 36.1 Å². The first-order valence-electron chi connectivity index (χ1n) is 9.70. The molecule has 1 unspecified atom stereocenters. The second-order valence-electron chi connectivity index (χ2n) is 6.75. The lowest BCUT2D eigenvalue weighted by molar-refractivity contribution is -0.139. The summed E-state index contributed by atoms with van der Waals surface area (Å²) < 4.78 is 40.1. The standard InChI is InChI=1S/C22H26F3N3O3/c1-5-19(16-10-6-7-12-18(16)22(23,24)25)27-31-13-17-14(2)9-8-11-15(17)20(28-30-4)21(29)26-3/h6-12,19,27H,5,13H2,1-4H3,(H,26,29)/b28-20+. The number of carbonyl (C=O) groups is 1. The van der Waals surface area contributed by atoms with E-state index in [0.717, 1.165) is 11.6 Å². The van der Waals surface area contributed by atoms with Gasteiger partial charge in [-0.3, -0.25) is 9.63 Å². The minimum atomic E-state index is -4.46. The van der Waals surface area contributed by atoms with E-state index in [-0.39, 0.29) is 17.9 Å². The summed E-state index contributed by atoms with van der Waals surface area (Å²) >= 11 is 0. The molecule has 0 aromatic heterocycles. The number of rotatable bonds is 9. The number of likely N-dealkylation sites (N-methyl/N-ethyl adjacent to an activating group) is 1. The predicted octanol–water partition coefficient (Wildman–Crippen LogP) is 4.28. The van der Waals surface area contributed by atoms with Crippen LogP contribution in [0.1, 0.15) is 47.2 Å². The van der Waals surface area contributed by atoms with Crippen molar-refractivity contribution in [3.05, 3.63) is 70.3 Å². The maximum absolute atomic E-state index is 13.4. The van der Waals surface area contributed by atoms with Crippen LogP contribution in [0.2, 0.25) is 0 Å². The smallest absolute Gasteiger partial charge is 0.398 e. The highest BCUT2D eigenvalue weighted by atomic mass is 19.4. The van der Waals surface area contributed by atoms with Gasteiger partial charge in [-0.15, -0.1) is 0 Å². The maximum Gasteiger partial charge on any atom is 0.416 e. The Morgan fingerprint density at radius 3 is 2.48 bits per heavy atom. The van der Waals surface area contributed by atoms with Crippen LogP contribution < -0.4 is 10.8 Å². The summed E-state index contributed by atoms with van der Waals surface area (Å²) in [5, 5.41) is 6.32. The SMILES string of the molecule is CCC(NOCc1c(C)cccc1/C(=N\OC)C(=O)NC)c1ccccc1C(F)(F)F. The highest BCUT2D eigenvalue weighted by molar-refractivity contribution is 6.45. The van der Waals surface area contributed by atoms with Crippen molar-refractivity contribution in [2.75, 3.05) is 14.2 Å². The number of hydrogen-bond donors (Lipinski definition) is 2. The van der Waals surface area contributed by atoms with Crippen LogP contribution >= 0.6 is 0 Å². The number of benzene rings is 2. The molecule has 2 aromatic carbocycles. The molecule has 168 valence electrons. The van der Waals surface area contributed by atoms with Gasteiger partial charge in [-0.1, -0.05) is 48.5 Å². The third-order valence-corrected chi connectivity index (χ3v) is 4.78. The van der Waals surface area contributed by atoms with Gasteiger partial charge < -0.3 is 10.2 Å². The number of nitrogens with zero attached hydrogens (tertiary/aromatic N) is 1. The molecular formula is C22H26F3N3O3. The zero-order valence-electron chi connectivity index (χ0n) is 17.8. The van der Waals surface area contributed by atoms with E-state index in [4.69, 9.17) is 9.68 Å². The Kier molecular flexibility index (Phi) is 8.58. The third kappa shape index (κ3) is 6.05. The fraction of sp³-hybridized carbons (Fsp3) is 0.364. The van der Waals surface area contributed by atoms with Crippen LogP contribution in [0.25, 0.3) is 0 Å². The van der Waals surface area contributed by atoms with E-state index >= 15 is 0 Å². The van der Waals surface area contributed by atoms with Crippen LogP contribution in [-0.2, 0) is 27.3 Å². The van der Waals surface area contributed by atoms with Crippen LogP contribution in [0.4, 0.5) is 13.2 Å². The molecule has 0 bridgehead atoms. The number of oxime groups is 1. The Labute approximate surface area is 179 Å². The summed E-state index contributed by atoms with van der Waals surface area (Å²) in [6.45, 7) is 3.61. The maximum atomic E-state index is 13.4. The summed E-state index contributed by atoms with van der Waals surface area (Å²) in [4.78, 5) is 22.6. The van der Waals surface area contributed by atoms with Crippen molar-refractivity contribution in [1.82, 2.24) is 10.8 Å². The van der Waals surface area contributed by atoms with Crippen molar-refractivity contribution in [1.29, 1.82) is 0 Å². The fourth-order valence-electron chi connectivity index (χ4n) is 3.18. The molecule has 0 fully saturated rings. The predicted molar refractivity (Wildman–Crippen MR) is 111 cm³/mol. The first-order chi connectivity index (χ1) is 14.7. The zero-order valence-corrected chi connectivity index (χ0v) is 17.8. The van der Waals surface area contributed by atoms with Gasteiger partial charge in [0.25, 0.3) is 5.91 Å². The second kappa shape index (κ2) is 10.9. The van der Waals surface area contributed by atoms with Crippen molar-refractivity contribution in [2.45, 2.75) is 39.1 Å². The van der Waals surface area contributed by atoms with Crippen LogP contribution in [-0.4, -0.2) is 25.8 Å². The topological polar surface area (TPSA) is 71.9 Å². The zero-order chi connectivity index (χ0) is 23.0. The van der Waals surface area contributed by atoms with E-state index in [9.17, 15) is 18.0 Å². The molecule has 0 saturated carbocycles. The quantitative estimate of drug-likeness (QED) is 0.454. The summed E-state index contributed by atoms with van der Waals surface area (Å²) in [6.07, 6.45) is -4.09. The molecule has 2 rings (SSSR count). The van der Waals surface area contributed by atoms with Gasteiger partial charge in [0.2, 0.25) is 0 Å². The van der Waals surface area contributed by atoms with Gasteiger partial charge in [0, 0.05) is 12.6 Å². The van der Waals surface area contributed by atoms with E-state index in [0.29, 0.717) is 17.5 Å². The highest BCUT2D eigenvalue weighted by Crippen LogP contribution is 2.35. The van der Waals surface area contributed by atoms with Gasteiger partial charge in [0.15, 0.2) is 5.71 Å². The lowest BCUT2D eigenvalue weighted by Gasteiger charge is -2.22. The minimum Gasteiger partial charge on any atom is -0.398 e. The van der Waals surface area contributed by atoms with E-state index in [1.807, 2.05) is 13.0 Å². The van der Waals surface area contributed by atoms with Crippen molar-refractivity contribution in [3.63, 3.8) is 0 Å². The largest absolute Gasteiger partial charge is 0.416 e. The van der Waals surface area contributed by atoms with Gasteiger partial charge in [0.1, 0.15) is 7.11 Å². The second-order valence-corrected chi connectivity index (χ2v) is 6.75. The van der Waals surface area contributed by atoms with E-state index in [2.05, 4.69) is 16.0 Å². The normalized spacial score (nSPS) is 13.1. The number of alkyl halides is 3. The van der Waals surface area contributed by atoms with Crippen LogP contribution in [0.3, 0.4) is 0 Å². The average Bonchev–Trinajstić information content (AvgIpc) is 2.75. The summed E-state index contributed by atoms with van der Waals surface area (Å²) in [5.74, 6) is -0.438. The first kappa shape index (κ1) is 24.4. The number of amides is 1. The molecule has 0 aliphatic heterocycles. The van der Waals surface area contributed by atoms with Crippen LogP contribution in [0.5, 0.6) is 0 Å². The summed E-state index contributed by atoms with van der Waals surface area (Å²) in [5.41, 5.74) is 4.21. The molecule has 0 saturated heterocycles. The number of aryl methyl sites for hydroxylation is 1. The molecule has 0 heterocycles. The minimum absolute atomic E-state index is 0.00637. The Morgan fingerprint density at radius 1 is 1.16 bits per heavy atom. The Bertz CT molecular complexity index is 930. The van der Waals surface area contributed by atoms with E-state index in [1.54, 1.807) is 25.1 Å². The van der Waals surface area contributed by atoms with Crippen LogP contribution in [0.15, 0.2) is 47.6 Å². The lowest BCUT2D eigenvalue weighted by Crippen LogP contribution is -2.30. The number of carbonyl (C=O) groups excluding carboxylic acids is 1. The molecule has 0 radical (unpaired) electrons. The number of hydrogen-bond acceptors (Lipinski definition) is 5. The molecule has 2 N–H and O–H groups in total. The monoisotopic (exact) mass is 437 g/mol. The number of nitrogens with one attached hydrogen (secondary N) is 2. The van der Waals surface area contributed by atoms with E-state index < -0.39 is 23.7 Å². The van der Waals surface area contributed by atoms with Crippen molar-refractivity contribution in [2.24, 2.45) is 5.16 Å². The fourth-order valence-corrected chi connectivity index (χ4v) is 3.18. The molecule has 9 heteroatoms. The Balaban J connectivity index is 2.26. The Morgan fingerprint density at radius 2 is 1.87 bits per heavy atom. The lowest BCUT2D eigenvalue weighted by atomic mass is 9.98. The molecule has 2 aromatic rings. The van der Waals surface area contributed by atoms with Gasteiger partial charge in [-0.2, -0.15) is 18.7 Å². The molecule has 1 atom stereocenters. The average molecular weight is 437 g/mol. The van der Waals surface area contributed by atoms with Gasteiger partial charge in [-0.25, -0.2) is 0 Å². The van der Waals surface area contributed by atoms with Gasteiger partial charge in [0.05, 0.1) is 18.2 Å². The van der Waals surface area contributed by atoms with Crippen LogP contribution in [0, 0.1) is 6.92 Å². The van der Waals surface area contributed by atoms with E-state index in [1.165, 1.54) is 26.3 Å². The highest BCUT2D eigenvalue weighted by Gasteiger charge is 2.34. The third-order valence-electron chi connectivity index (χ3n) is 4.78. The summed E-state index contributed by atoms with van der Waals surface area (Å²) in [6, 6.07) is 10.0. The molecule has 0 aliphatic rings.